The van der Waals surface area contributed by atoms with E-state index in [-0.39, 0.29) is 5.54 Å². The van der Waals surface area contributed by atoms with Gasteiger partial charge in [-0.3, -0.25) is 0 Å². The molecule has 2 heterocycles. The van der Waals surface area contributed by atoms with Crippen molar-refractivity contribution in [2.24, 2.45) is 0 Å². The Morgan fingerprint density at radius 2 is 2.10 bits per heavy atom. The van der Waals surface area contributed by atoms with E-state index in [1.807, 2.05) is 14.1 Å². The van der Waals surface area contributed by atoms with Gasteiger partial charge in [-0.2, -0.15) is 13.2 Å². The molecule has 0 aromatic carbocycles. The molecule has 1 aliphatic rings. The Kier molecular flexibility index (Phi) is 4.88. The lowest BCUT2D eigenvalue weighted by Gasteiger charge is -2.43. The molecule has 0 radical (unpaired) electrons. The zero-order chi connectivity index (χ0) is 15.5. The standard InChI is InChI=1S/C15H22F3N3/c1-21(2)14(8-4-10-19-11-14)9-7-12-5-3-6-13(20-12)15(16,17)18/h3,5-6,19H,4,7-11H2,1-2H3. The number of hydrogen-bond donors (Lipinski definition) is 1. The van der Waals surface area contributed by atoms with Crippen LogP contribution in [0.3, 0.4) is 0 Å². The number of pyridine rings is 1. The first-order valence-electron chi connectivity index (χ1n) is 7.25. The fourth-order valence-corrected chi connectivity index (χ4v) is 2.91. The molecule has 1 saturated heterocycles. The van der Waals surface area contributed by atoms with Gasteiger partial charge in [0.25, 0.3) is 0 Å². The molecule has 0 aliphatic carbocycles. The average Bonchev–Trinajstić information content (AvgIpc) is 2.45. The molecule has 0 saturated carbocycles. The Morgan fingerprint density at radius 3 is 2.67 bits per heavy atom. The van der Waals surface area contributed by atoms with Crippen molar-refractivity contribution in [3.05, 3.63) is 29.6 Å². The highest BCUT2D eigenvalue weighted by Crippen LogP contribution is 2.29. The number of aryl methyl sites for hydroxylation is 1. The Balaban J connectivity index is 2.07. The molecular weight excluding hydrogens is 279 g/mol. The van der Waals surface area contributed by atoms with Gasteiger partial charge in [-0.15, -0.1) is 0 Å². The van der Waals surface area contributed by atoms with Crippen LogP contribution in [0.15, 0.2) is 18.2 Å². The van der Waals surface area contributed by atoms with Crippen LogP contribution in [0, 0.1) is 0 Å². The number of likely N-dealkylation sites (N-methyl/N-ethyl adjacent to an activating group) is 1. The molecule has 1 fully saturated rings. The van der Waals surface area contributed by atoms with Crippen molar-refractivity contribution in [3.8, 4) is 0 Å². The second-order valence-corrected chi connectivity index (χ2v) is 5.91. The largest absolute Gasteiger partial charge is 0.433 e. The predicted octanol–water partition coefficient (Wildman–Crippen LogP) is 2.72. The summed E-state index contributed by atoms with van der Waals surface area (Å²) in [6.07, 6.45) is -0.854. The number of hydrogen-bond acceptors (Lipinski definition) is 3. The molecule has 2 rings (SSSR count). The van der Waals surface area contributed by atoms with Crippen LogP contribution in [0.25, 0.3) is 0 Å². The first kappa shape index (κ1) is 16.2. The second-order valence-electron chi connectivity index (χ2n) is 5.91. The minimum absolute atomic E-state index is 0.00810. The van der Waals surface area contributed by atoms with E-state index in [4.69, 9.17) is 0 Å². The molecule has 1 aromatic heterocycles. The highest BCUT2D eigenvalue weighted by molar-refractivity contribution is 5.14. The molecule has 1 unspecified atom stereocenters. The van der Waals surface area contributed by atoms with Gasteiger partial charge in [-0.25, -0.2) is 4.98 Å². The van der Waals surface area contributed by atoms with Gasteiger partial charge in [0.15, 0.2) is 0 Å². The average molecular weight is 301 g/mol. The Morgan fingerprint density at radius 1 is 1.33 bits per heavy atom. The van der Waals surface area contributed by atoms with E-state index >= 15 is 0 Å². The fraction of sp³-hybridized carbons (Fsp3) is 0.667. The normalized spacial score (nSPS) is 23.5. The third-order valence-electron chi connectivity index (χ3n) is 4.34. The lowest BCUT2D eigenvalue weighted by atomic mass is 9.84. The first-order valence-corrected chi connectivity index (χ1v) is 7.25. The summed E-state index contributed by atoms with van der Waals surface area (Å²) in [7, 11) is 4.07. The van der Waals surface area contributed by atoms with Gasteiger partial charge >= 0.3 is 6.18 Å². The summed E-state index contributed by atoms with van der Waals surface area (Å²) >= 11 is 0. The van der Waals surface area contributed by atoms with Crippen LogP contribution in [-0.4, -0.2) is 42.6 Å². The molecule has 0 spiro atoms. The van der Waals surface area contributed by atoms with Gasteiger partial charge in [0.05, 0.1) is 0 Å². The molecule has 6 heteroatoms. The summed E-state index contributed by atoms with van der Waals surface area (Å²) in [6, 6.07) is 4.13. The number of alkyl halides is 3. The summed E-state index contributed by atoms with van der Waals surface area (Å²) < 4.78 is 38.1. The molecule has 1 aromatic rings. The molecule has 118 valence electrons. The minimum atomic E-state index is -4.37. The highest BCUT2D eigenvalue weighted by atomic mass is 19.4. The van der Waals surface area contributed by atoms with E-state index in [9.17, 15) is 13.2 Å². The highest BCUT2D eigenvalue weighted by Gasteiger charge is 2.35. The van der Waals surface area contributed by atoms with Gasteiger partial charge in [0.2, 0.25) is 0 Å². The maximum Gasteiger partial charge on any atom is 0.433 e. The van der Waals surface area contributed by atoms with Crippen LogP contribution < -0.4 is 5.32 Å². The zero-order valence-electron chi connectivity index (χ0n) is 12.5. The first-order chi connectivity index (χ1) is 9.83. The van der Waals surface area contributed by atoms with E-state index in [0.29, 0.717) is 12.1 Å². The number of aromatic nitrogens is 1. The van der Waals surface area contributed by atoms with Crippen LogP contribution in [0.1, 0.15) is 30.7 Å². The Hall–Kier alpha value is -1.14. The summed E-state index contributed by atoms with van der Waals surface area (Å²) in [5.41, 5.74) is -0.286. The van der Waals surface area contributed by atoms with Crippen molar-refractivity contribution in [2.45, 2.75) is 37.4 Å². The quantitative estimate of drug-likeness (QED) is 0.927. The van der Waals surface area contributed by atoms with Crippen molar-refractivity contribution in [3.63, 3.8) is 0 Å². The molecule has 1 atom stereocenters. The van der Waals surface area contributed by atoms with E-state index in [1.165, 1.54) is 6.07 Å². The number of nitrogens with one attached hydrogen (secondary N) is 1. The van der Waals surface area contributed by atoms with Gasteiger partial charge in [0.1, 0.15) is 5.69 Å². The van der Waals surface area contributed by atoms with E-state index < -0.39 is 11.9 Å². The van der Waals surface area contributed by atoms with E-state index in [1.54, 1.807) is 6.07 Å². The lowest BCUT2D eigenvalue weighted by molar-refractivity contribution is -0.141. The number of piperidine rings is 1. The number of halogens is 3. The summed E-state index contributed by atoms with van der Waals surface area (Å²) in [4.78, 5) is 5.94. The molecule has 3 nitrogen and oxygen atoms in total. The summed E-state index contributed by atoms with van der Waals surface area (Å²) in [6.45, 7) is 1.89. The van der Waals surface area contributed by atoms with Crippen molar-refractivity contribution >= 4 is 0 Å². The number of rotatable bonds is 4. The Labute approximate surface area is 123 Å². The maximum absolute atomic E-state index is 12.7. The molecule has 0 bridgehead atoms. The summed E-state index contributed by atoms with van der Waals surface area (Å²) in [5.74, 6) is 0. The van der Waals surface area contributed by atoms with Gasteiger partial charge in [-0.05, 0) is 58.5 Å². The molecule has 0 amide bonds. The van der Waals surface area contributed by atoms with Crippen molar-refractivity contribution < 1.29 is 13.2 Å². The van der Waals surface area contributed by atoms with Gasteiger partial charge < -0.3 is 10.2 Å². The lowest BCUT2D eigenvalue weighted by Crippen LogP contribution is -2.55. The van der Waals surface area contributed by atoms with Gasteiger partial charge in [-0.1, -0.05) is 6.07 Å². The van der Waals surface area contributed by atoms with Gasteiger partial charge in [0, 0.05) is 17.8 Å². The smallest absolute Gasteiger partial charge is 0.315 e. The van der Waals surface area contributed by atoms with E-state index in [0.717, 1.165) is 38.4 Å². The van der Waals surface area contributed by atoms with Crippen LogP contribution in [0.5, 0.6) is 0 Å². The molecule has 1 N–H and O–H groups in total. The van der Waals surface area contributed by atoms with Crippen molar-refractivity contribution in [1.29, 1.82) is 0 Å². The predicted molar refractivity (Wildman–Crippen MR) is 76.1 cm³/mol. The van der Waals surface area contributed by atoms with Crippen LogP contribution in [0.2, 0.25) is 0 Å². The van der Waals surface area contributed by atoms with Crippen molar-refractivity contribution in [1.82, 2.24) is 15.2 Å². The third kappa shape index (κ3) is 3.95. The van der Waals surface area contributed by atoms with Crippen molar-refractivity contribution in [2.75, 3.05) is 27.2 Å². The Bertz CT molecular complexity index is 465. The zero-order valence-corrected chi connectivity index (χ0v) is 12.5. The number of nitrogens with zero attached hydrogens (tertiary/aromatic N) is 2. The third-order valence-corrected chi connectivity index (χ3v) is 4.34. The van der Waals surface area contributed by atoms with Crippen LogP contribution >= 0.6 is 0 Å². The fourth-order valence-electron chi connectivity index (χ4n) is 2.91. The maximum atomic E-state index is 12.7. The van der Waals surface area contributed by atoms with Crippen LogP contribution in [-0.2, 0) is 12.6 Å². The van der Waals surface area contributed by atoms with Crippen LogP contribution in [0.4, 0.5) is 13.2 Å². The topological polar surface area (TPSA) is 28.2 Å². The molecule has 1 aliphatic heterocycles. The second kappa shape index (κ2) is 6.32. The molecular formula is C15H22F3N3. The monoisotopic (exact) mass is 301 g/mol. The van der Waals surface area contributed by atoms with E-state index in [2.05, 4.69) is 15.2 Å². The SMILES string of the molecule is CN(C)C1(CCc2cccc(C(F)(F)F)n2)CCCNC1. The summed E-state index contributed by atoms with van der Waals surface area (Å²) in [5, 5.41) is 3.39. The molecule has 21 heavy (non-hydrogen) atoms. The minimum Gasteiger partial charge on any atom is -0.315 e.